The third-order valence-corrected chi connectivity index (χ3v) is 6.21. The summed E-state index contributed by atoms with van der Waals surface area (Å²) in [7, 11) is 0. The minimum absolute atomic E-state index is 0.308. The fraction of sp³-hybridized carbons (Fsp3) is 0.222. The van der Waals surface area contributed by atoms with Gasteiger partial charge in [0.2, 0.25) is 5.78 Å². The zero-order chi connectivity index (χ0) is 24.7. The number of hydrogen-bond donors (Lipinski definition) is 0. The minimum atomic E-state index is -0.679. The van der Waals surface area contributed by atoms with Gasteiger partial charge in [0.1, 0.15) is 19.8 Å². The number of benzene rings is 2. The molecule has 1 aromatic heterocycles. The number of aryl methyl sites for hydroxylation is 1. The number of ketones is 1. The van der Waals surface area contributed by atoms with Gasteiger partial charge in [0.15, 0.2) is 18.1 Å². The molecule has 1 amide bonds. The van der Waals surface area contributed by atoms with Crippen LogP contribution in [-0.2, 0) is 9.53 Å². The molecule has 0 unspecified atom stereocenters. The van der Waals surface area contributed by atoms with Gasteiger partial charge < -0.3 is 18.8 Å². The molecule has 0 spiro atoms. The molecule has 8 nitrogen and oxygen atoms in total. The van der Waals surface area contributed by atoms with Crippen LogP contribution in [0.3, 0.4) is 0 Å². The third-order valence-electron chi connectivity index (χ3n) is 6.21. The Balaban J connectivity index is 1.26. The standard InChI is InChI=1S/C27H24N2O6/c1-16-12-22(18(3)29(16)19-8-9-24-25(13-19)34-11-10-33-24)23(30)15-35-26(31)14-28-17(2)20-6-4-5-7-21(20)27(28)32/h4-9,12-13H,2,10-11,14-15H2,1,3H3. The Morgan fingerprint density at radius 1 is 1.00 bits per heavy atom. The largest absolute Gasteiger partial charge is 0.486 e. The van der Waals surface area contributed by atoms with Crippen molar-refractivity contribution in [2.24, 2.45) is 0 Å². The van der Waals surface area contributed by atoms with Crippen LogP contribution in [-0.4, -0.2) is 53.5 Å². The lowest BCUT2D eigenvalue weighted by Gasteiger charge is -2.20. The zero-order valence-electron chi connectivity index (χ0n) is 19.5. The van der Waals surface area contributed by atoms with Crippen LogP contribution >= 0.6 is 0 Å². The number of fused-ring (bicyclic) bond motifs is 2. The smallest absolute Gasteiger partial charge is 0.326 e. The summed E-state index contributed by atoms with van der Waals surface area (Å²) in [6.07, 6.45) is 0. The van der Waals surface area contributed by atoms with Gasteiger partial charge in [0.25, 0.3) is 5.91 Å². The van der Waals surface area contributed by atoms with Crippen molar-refractivity contribution in [3.63, 3.8) is 0 Å². The van der Waals surface area contributed by atoms with E-state index in [1.165, 1.54) is 4.90 Å². The summed E-state index contributed by atoms with van der Waals surface area (Å²) in [6.45, 7) is 7.91. The Hall–Kier alpha value is -4.33. The maximum Gasteiger partial charge on any atom is 0.326 e. The molecule has 0 atom stereocenters. The van der Waals surface area contributed by atoms with E-state index in [4.69, 9.17) is 14.2 Å². The topological polar surface area (TPSA) is 87.1 Å². The average Bonchev–Trinajstić information content (AvgIpc) is 3.30. The molecule has 2 aromatic carbocycles. The molecular formula is C27H24N2O6. The van der Waals surface area contributed by atoms with Crippen molar-refractivity contribution >= 4 is 23.4 Å². The Kier molecular flexibility index (Phi) is 5.64. The van der Waals surface area contributed by atoms with Crippen LogP contribution in [0.5, 0.6) is 11.5 Å². The number of amides is 1. The Bertz CT molecular complexity index is 1350. The normalized spacial score (nSPS) is 14.2. The van der Waals surface area contributed by atoms with Crippen molar-refractivity contribution in [1.82, 2.24) is 9.47 Å². The number of esters is 1. The van der Waals surface area contributed by atoms with Crippen molar-refractivity contribution < 1.29 is 28.6 Å². The molecule has 178 valence electrons. The third kappa shape index (κ3) is 3.97. The Labute approximate surface area is 202 Å². The molecule has 2 aliphatic heterocycles. The summed E-state index contributed by atoms with van der Waals surface area (Å²) >= 11 is 0. The van der Waals surface area contributed by atoms with Crippen LogP contribution in [0.25, 0.3) is 11.4 Å². The molecule has 35 heavy (non-hydrogen) atoms. The highest BCUT2D eigenvalue weighted by atomic mass is 16.6. The first kappa shape index (κ1) is 22.5. The van der Waals surface area contributed by atoms with Gasteiger partial charge in [0.05, 0.1) is 0 Å². The van der Waals surface area contributed by atoms with E-state index in [-0.39, 0.29) is 18.2 Å². The van der Waals surface area contributed by atoms with E-state index in [9.17, 15) is 14.4 Å². The van der Waals surface area contributed by atoms with Gasteiger partial charge in [-0.25, -0.2) is 0 Å². The highest BCUT2D eigenvalue weighted by Gasteiger charge is 2.32. The van der Waals surface area contributed by atoms with E-state index in [1.807, 2.05) is 36.6 Å². The highest BCUT2D eigenvalue weighted by Crippen LogP contribution is 2.34. The first-order chi connectivity index (χ1) is 16.8. The summed E-state index contributed by atoms with van der Waals surface area (Å²) in [5, 5.41) is 0. The molecule has 0 saturated carbocycles. The highest BCUT2D eigenvalue weighted by molar-refractivity contribution is 6.10. The van der Waals surface area contributed by atoms with Crippen molar-refractivity contribution in [3.05, 3.63) is 83.2 Å². The number of aromatic nitrogens is 1. The van der Waals surface area contributed by atoms with E-state index in [0.717, 1.165) is 17.1 Å². The molecule has 0 N–H and O–H groups in total. The molecule has 0 fully saturated rings. The lowest BCUT2D eigenvalue weighted by molar-refractivity contribution is -0.142. The molecule has 3 aromatic rings. The predicted octanol–water partition coefficient (Wildman–Crippen LogP) is 3.72. The SMILES string of the molecule is C=C1c2ccccc2C(=O)N1CC(=O)OCC(=O)c1cc(C)n(-c2ccc3c(c2)OCCO3)c1C. The lowest BCUT2D eigenvalue weighted by atomic mass is 10.1. The van der Waals surface area contributed by atoms with Crippen molar-refractivity contribution in [1.29, 1.82) is 0 Å². The second-order valence-electron chi connectivity index (χ2n) is 8.42. The summed E-state index contributed by atoms with van der Waals surface area (Å²) in [4.78, 5) is 39.2. The maximum absolute atomic E-state index is 12.9. The lowest BCUT2D eigenvalue weighted by Crippen LogP contribution is -2.31. The van der Waals surface area contributed by atoms with E-state index in [2.05, 4.69) is 6.58 Å². The van der Waals surface area contributed by atoms with Crippen LogP contribution in [0, 0.1) is 13.8 Å². The maximum atomic E-state index is 12.9. The molecule has 5 rings (SSSR count). The summed E-state index contributed by atoms with van der Waals surface area (Å²) in [5.41, 5.74) is 4.49. The van der Waals surface area contributed by atoms with Crippen LogP contribution < -0.4 is 9.47 Å². The van der Waals surface area contributed by atoms with Crippen molar-refractivity contribution in [3.8, 4) is 17.2 Å². The van der Waals surface area contributed by atoms with Crippen LogP contribution in [0.2, 0.25) is 0 Å². The van der Waals surface area contributed by atoms with E-state index >= 15 is 0 Å². The number of ether oxygens (including phenoxy) is 3. The number of carbonyl (C=O) groups is 3. The van der Waals surface area contributed by atoms with Gasteiger partial charge in [-0.05, 0) is 38.1 Å². The first-order valence-corrected chi connectivity index (χ1v) is 11.2. The molecule has 8 heteroatoms. The Morgan fingerprint density at radius 2 is 1.71 bits per heavy atom. The predicted molar refractivity (Wildman–Crippen MR) is 128 cm³/mol. The van der Waals surface area contributed by atoms with E-state index in [0.29, 0.717) is 47.1 Å². The minimum Gasteiger partial charge on any atom is -0.486 e. The number of hydrogen-bond acceptors (Lipinski definition) is 6. The monoisotopic (exact) mass is 472 g/mol. The van der Waals surface area contributed by atoms with Gasteiger partial charge in [-0.15, -0.1) is 0 Å². The van der Waals surface area contributed by atoms with Gasteiger partial charge in [-0.3, -0.25) is 19.3 Å². The quantitative estimate of drug-likeness (QED) is 0.402. The number of nitrogens with zero attached hydrogens (tertiary/aromatic N) is 2. The fourth-order valence-electron chi connectivity index (χ4n) is 4.51. The summed E-state index contributed by atoms with van der Waals surface area (Å²) < 4.78 is 18.4. The zero-order valence-corrected chi connectivity index (χ0v) is 19.5. The molecule has 2 aliphatic rings. The van der Waals surface area contributed by atoms with Crippen LogP contribution in [0.15, 0.2) is 55.1 Å². The van der Waals surface area contributed by atoms with Crippen LogP contribution in [0.4, 0.5) is 0 Å². The molecular weight excluding hydrogens is 448 g/mol. The molecule has 3 heterocycles. The van der Waals surface area contributed by atoms with Crippen molar-refractivity contribution in [2.45, 2.75) is 13.8 Å². The van der Waals surface area contributed by atoms with Gasteiger partial charge >= 0.3 is 5.97 Å². The summed E-state index contributed by atoms with van der Waals surface area (Å²) in [5.74, 6) is 0.0273. The summed E-state index contributed by atoms with van der Waals surface area (Å²) in [6, 6.07) is 14.4. The molecule has 0 bridgehead atoms. The molecule has 0 saturated heterocycles. The Morgan fingerprint density at radius 3 is 2.46 bits per heavy atom. The van der Waals surface area contributed by atoms with Crippen molar-refractivity contribution in [2.75, 3.05) is 26.4 Å². The first-order valence-electron chi connectivity index (χ1n) is 11.2. The molecule has 0 radical (unpaired) electrons. The van der Waals surface area contributed by atoms with E-state index in [1.54, 1.807) is 30.3 Å². The average molecular weight is 472 g/mol. The fourth-order valence-corrected chi connectivity index (χ4v) is 4.51. The van der Waals surface area contributed by atoms with E-state index < -0.39 is 12.6 Å². The number of carbonyl (C=O) groups excluding carboxylic acids is 3. The van der Waals surface area contributed by atoms with Crippen LogP contribution in [0.1, 0.15) is 37.7 Å². The van der Waals surface area contributed by atoms with Gasteiger partial charge in [-0.2, -0.15) is 0 Å². The van der Waals surface area contributed by atoms with Gasteiger partial charge in [0, 0.05) is 45.5 Å². The number of rotatable bonds is 6. The second-order valence-corrected chi connectivity index (χ2v) is 8.42. The van der Waals surface area contributed by atoms with Gasteiger partial charge in [-0.1, -0.05) is 24.8 Å². The number of Topliss-reactive ketones (excluding diaryl/α,β-unsaturated/α-hetero) is 1. The molecule has 0 aliphatic carbocycles. The second kappa shape index (κ2) is 8.79.